The molecule has 0 aliphatic heterocycles. The minimum Gasteiger partial charge on any atom is -0.351 e. The first-order valence-electron chi connectivity index (χ1n) is 11.3. The van der Waals surface area contributed by atoms with Gasteiger partial charge in [-0.05, 0) is 25.7 Å². The molecular formula is C21H46O4Si. The Hall–Kier alpha value is 0.0569. The summed E-state index contributed by atoms with van der Waals surface area (Å²) >= 11 is 0. The Morgan fingerprint density at radius 1 is 0.385 bits per heavy atom. The normalized spacial score (nSPS) is 12.0. The lowest BCUT2D eigenvalue weighted by molar-refractivity contribution is -0.0368. The SMILES string of the molecule is CCCCCCO[Si](OCCC)(OCCCCCC)OCCCCCC. The average molecular weight is 391 g/mol. The highest BCUT2D eigenvalue weighted by molar-refractivity contribution is 6.53. The molecule has 0 aromatic heterocycles. The molecule has 4 nitrogen and oxygen atoms in total. The lowest BCUT2D eigenvalue weighted by Gasteiger charge is -2.28. The van der Waals surface area contributed by atoms with Crippen molar-refractivity contribution in [1.82, 2.24) is 0 Å². The van der Waals surface area contributed by atoms with Crippen molar-refractivity contribution in [2.45, 2.75) is 111 Å². The summed E-state index contributed by atoms with van der Waals surface area (Å²) < 4.78 is 24.6. The zero-order valence-electron chi connectivity index (χ0n) is 18.2. The zero-order valence-corrected chi connectivity index (χ0v) is 19.2. The highest BCUT2D eigenvalue weighted by Crippen LogP contribution is 2.17. The van der Waals surface area contributed by atoms with Gasteiger partial charge in [0, 0.05) is 26.4 Å². The smallest absolute Gasteiger partial charge is 0.351 e. The number of unbranched alkanes of at least 4 members (excludes halogenated alkanes) is 9. The van der Waals surface area contributed by atoms with Crippen LogP contribution in [0.1, 0.15) is 111 Å². The third-order valence-electron chi connectivity index (χ3n) is 4.31. The summed E-state index contributed by atoms with van der Waals surface area (Å²) in [4.78, 5) is 0. The van der Waals surface area contributed by atoms with Gasteiger partial charge in [-0.1, -0.05) is 85.5 Å². The van der Waals surface area contributed by atoms with Crippen molar-refractivity contribution in [2.75, 3.05) is 26.4 Å². The van der Waals surface area contributed by atoms with Gasteiger partial charge in [-0.2, -0.15) is 0 Å². The van der Waals surface area contributed by atoms with Crippen molar-refractivity contribution in [1.29, 1.82) is 0 Å². The van der Waals surface area contributed by atoms with Crippen molar-refractivity contribution in [2.24, 2.45) is 0 Å². The Morgan fingerprint density at radius 3 is 1.04 bits per heavy atom. The van der Waals surface area contributed by atoms with E-state index < -0.39 is 9.05 Å². The fraction of sp³-hybridized carbons (Fsp3) is 1.00. The summed E-state index contributed by atoms with van der Waals surface area (Å²) in [5, 5.41) is 0. The molecule has 26 heavy (non-hydrogen) atoms. The van der Waals surface area contributed by atoms with Gasteiger partial charge in [-0.25, -0.2) is 0 Å². The molecule has 0 bridgehead atoms. The van der Waals surface area contributed by atoms with Gasteiger partial charge in [-0.15, -0.1) is 0 Å². The predicted octanol–water partition coefficient (Wildman–Crippen LogP) is 6.64. The van der Waals surface area contributed by atoms with E-state index in [1.165, 1.54) is 57.8 Å². The lowest BCUT2D eigenvalue weighted by atomic mass is 10.2. The minimum atomic E-state index is -3.00. The number of hydrogen-bond donors (Lipinski definition) is 0. The maximum atomic E-state index is 6.16. The van der Waals surface area contributed by atoms with Crippen LogP contribution in [0.3, 0.4) is 0 Å². The second-order valence-electron chi connectivity index (χ2n) is 7.08. The first-order valence-corrected chi connectivity index (χ1v) is 12.9. The third kappa shape index (κ3) is 15.1. The van der Waals surface area contributed by atoms with Crippen LogP contribution in [0.15, 0.2) is 0 Å². The predicted molar refractivity (Wildman–Crippen MR) is 112 cm³/mol. The first kappa shape index (κ1) is 26.1. The van der Waals surface area contributed by atoms with E-state index in [-0.39, 0.29) is 0 Å². The maximum absolute atomic E-state index is 6.16. The van der Waals surface area contributed by atoms with Gasteiger partial charge >= 0.3 is 9.05 Å². The van der Waals surface area contributed by atoms with Crippen LogP contribution in [0.4, 0.5) is 0 Å². The fourth-order valence-corrected chi connectivity index (χ4v) is 4.79. The highest BCUT2D eigenvalue weighted by atomic mass is 28.4. The molecule has 0 unspecified atom stereocenters. The van der Waals surface area contributed by atoms with Crippen LogP contribution >= 0.6 is 0 Å². The molecule has 0 aromatic carbocycles. The molecule has 0 aliphatic carbocycles. The van der Waals surface area contributed by atoms with Crippen LogP contribution in [0.2, 0.25) is 0 Å². The van der Waals surface area contributed by atoms with Crippen molar-refractivity contribution < 1.29 is 17.7 Å². The van der Waals surface area contributed by atoms with Gasteiger partial charge < -0.3 is 17.7 Å². The molecule has 158 valence electrons. The molecular weight excluding hydrogens is 344 g/mol. The van der Waals surface area contributed by atoms with E-state index in [1.54, 1.807) is 0 Å². The summed E-state index contributed by atoms with van der Waals surface area (Å²) in [7, 11) is -3.00. The summed E-state index contributed by atoms with van der Waals surface area (Å²) in [6.45, 7) is 11.5. The number of rotatable bonds is 21. The molecule has 0 aliphatic rings. The van der Waals surface area contributed by atoms with Crippen LogP contribution in [-0.2, 0) is 17.7 Å². The van der Waals surface area contributed by atoms with E-state index in [4.69, 9.17) is 17.7 Å². The van der Waals surface area contributed by atoms with E-state index in [0.717, 1.165) is 25.7 Å². The summed E-state index contributed by atoms with van der Waals surface area (Å²) in [6, 6.07) is 0. The molecule has 0 amide bonds. The molecule has 0 rings (SSSR count). The molecule has 0 saturated heterocycles. The summed E-state index contributed by atoms with van der Waals surface area (Å²) in [5.74, 6) is 0. The van der Waals surface area contributed by atoms with Gasteiger partial charge in [0.15, 0.2) is 0 Å². The van der Waals surface area contributed by atoms with E-state index in [0.29, 0.717) is 26.4 Å². The maximum Gasteiger partial charge on any atom is 0.679 e. The second-order valence-corrected chi connectivity index (χ2v) is 9.23. The van der Waals surface area contributed by atoms with Crippen LogP contribution in [0.25, 0.3) is 0 Å². The first-order chi connectivity index (χ1) is 12.7. The Bertz CT molecular complexity index is 241. The lowest BCUT2D eigenvalue weighted by Crippen LogP contribution is -2.50. The standard InChI is InChI=1S/C21H46O4Si/c1-5-9-12-15-19-23-26(22-18-8-4,24-20-16-13-10-6-2)25-21-17-14-11-7-3/h5-21H2,1-4H3. The number of hydrogen-bond acceptors (Lipinski definition) is 4. The van der Waals surface area contributed by atoms with Gasteiger partial charge in [0.05, 0.1) is 0 Å². The summed E-state index contributed by atoms with van der Waals surface area (Å²) in [6.07, 6.45) is 15.2. The van der Waals surface area contributed by atoms with Crippen LogP contribution < -0.4 is 0 Å². The quantitative estimate of drug-likeness (QED) is 0.163. The van der Waals surface area contributed by atoms with Gasteiger partial charge in [0.2, 0.25) is 0 Å². The largest absolute Gasteiger partial charge is 0.679 e. The molecule has 0 fully saturated rings. The third-order valence-corrected chi connectivity index (χ3v) is 6.54. The second kappa shape index (κ2) is 19.8. The van der Waals surface area contributed by atoms with Gasteiger partial charge in [0.25, 0.3) is 0 Å². The van der Waals surface area contributed by atoms with E-state index >= 15 is 0 Å². The average Bonchev–Trinajstić information content (AvgIpc) is 2.65. The highest BCUT2D eigenvalue weighted by Gasteiger charge is 2.45. The molecule has 0 saturated carbocycles. The topological polar surface area (TPSA) is 36.9 Å². The Morgan fingerprint density at radius 2 is 0.731 bits per heavy atom. The summed E-state index contributed by atoms with van der Waals surface area (Å²) in [5.41, 5.74) is 0. The molecule has 0 radical (unpaired) electrons. The van der Waals surface area contributed by atoms with Crippen molar-refractivity contribution in [3.63, 3.8) is 0 Å². The molecule has 0 aromatic rings. The Labute approximate surface area is 164 Å². The fourth-order valence-electron chi connectivity index (χ4n) is 2.66. The molecule has 5 heteroatoms. The van der Waals surface area contributed by atoms with Crippen LogP contribution in [-0.4, -0.2) is 35.5 Å². The van der Waals surface area contributed by atoms with Crippen LogP contribution in [0.5, 0.6) is 0 Å². The van der Waals surface area contributed by atoms with Gasteiger partial charge in [-0.3, -0.25) is 0 Å². The zero-order chi connectivity index (χ0) is 19.3. The van der Waals surface area contributed by atoms with E-state index in [9.17, 15) is 0 Å². The van der Waals surface area contributed by atoms with Crippen molar-refractivity contribution >= 4 is 9.05 Å². The molecule has 0 N–H and O–H groups in total. The van der Waals surface area contributed by atoms with Crippen molar-refractivity contribution in [3.8, 4) is 0 Å². The Balaban J connectivity index is 4.52. The molecule has 0 spiro atoms. The minimum absolute atomic E-state index is 0.644. The van der Waals surface area contributed by atoms with E-state index in [2.05, 4.69) is 27.7 Å². The van der Waals surface area contributed by atoms with Crippen molar-refractivity contribution in [3.05, 3.63) is 0 Å². The molecule has 0 heterocycles. The monoisotopic (exact) mass is 390 g/mol. The van der Waals surface area contributed by atoms with Crippen LogP contribution in [0, 0.1) is 0 Å². The molecule has 0 atom stereocenters. The van der Waals surface area contributed by atoms with Gasteiger partial charge in [0.1, 0.15) is 0 Å². The Kier molecular flexibility index (Phi) is 19.9. The van der Waals surface area contributed by atoms with E-state index in [1.807, 2.05) is 0 Å².